The number of hydrogen-bond acceptors (Lipinski definition) is 3. The number of benzene rings is 3. The van der Waals surface area contributed by atoms with Crippen LogP contribution in [0.5, 0.6) is 0 Å². The zero-order valence-electron chi connectivity index (χ0n) is 23.0. The summed E-state index contributed by atoms with van der Waals surface area (Å²) in [5.41, 5.74) is 6.93. The second kappa shape index (κ2) is 12.2. The molecule has 0 aliphatic heterocycles. The summed E-state index contributed by atoms with van der Waals surface area (Å²) in [4.78, 5) is 8.88. The Hall–Kier alpha value is -3.37. The number of rotatable bonds is 4. The van der Waals surface area contributed by atoms with Crippen LogP contribution in [0, 0.1) is 12.1 Å². The van der Waals surface area contributed by atoms with Crippen LogP contribution in [0.25, 0.3) is 44.5 Å². The molecular formula is C34H32IrN2OSi-2. The summed E-state index contributed by atoms with van der Waals surface area (Å²) in [6.07, 6.45) is 3.74. The molecule has 0 bridgehead atoms. The molecule has 0 fully saturated rings. The number of pyridine rings is 2. The molecule has 6 aromatic rings. The van der Waals surface area contributed by atoms with E-state index in [9.17, 15) is 0 Å². The van der Waals surface area contributed by atoms with Crippen LogP contribution in [-0.2, 0) is 20.1 Å². The predicted octanol–water partition coefficient (Wildman–Crippen LogP) is 8.66. The van der Waals surface area contributed by atoms with E-state index in [-0.39, 0.29) is 20.1 Å². The van der Waals surface area contributed by atoms with Gasteiger partial charge in [-0.05, 0) is 35.0 Å². The molecule has 0 atom stereocenters. The molecule has 39 heavy (non-hydrogen) atoms. The molecular weight excluding hydrogens is 673 g/mol. The molecule has 199 valence electrons. The van der Waals surface area contributed by atoms with Gasteiger partial charge in [0.05, 0.1) is 13.7 Å². The molecule has 3 aromatic heterocycles. The summed E-state index contributed by atoms with van der Waals surface area (Å²) >= 11 is 0. The van der Waals surface area contributed by atoms with Gasteiger partial charge in [-0.3, -0.25) is 0 Å². The average Bonchev–Trinajstić information content (AvgIpc) is 3.32. The van der Waals surface area contributed by atoms with E-state index < -0.39 is 8.07 Å². The minimum absolute atomic E-state index is 0. The van der Waals surface area contributed by atoms with Crippen LogP contribution in [0.3, 0.4) is 0 Å². The van der Waals surface area contributed by atoms with Gasteiger partial charge in [0.2, 0.25) is 0 Å². The zero-order chi connectivity index (χ0) is 26.7. The maximum atomic E-state index is 6.30. The van der Waals surface area contributed by atoms with Crippen molar-refractivity contribution >= 4 is 35.2 Å². The van der Waals surface area contributed by atoms with Crippen molar-refractivity contribution in [2.45, 2.75) is 39.4 Å². The van der Waals surface area contributed by atoms with E-state index in [1.54, 1.807) is 6.20 Å². The number of hydrogen-bond donors (Lipinski definition) is 0. The van der Waals surface area contributed by atoms with E-state index in [0.717, 1.165) is 44.5 Å². The fraction of sp³-hybridized carbons (Fsp3) is 0.176. The van der Waals surface area contributed by atoms with Gasteiger partial charge in [0.1, 0.15) is 5.58 Å². The van der Waals surface area contributed by atoms with Crippen molar-refractivity contribution in [3.8, 4) is 22.5 Å². The van der Waals surface area contributed by atoms with Gasteiger partial charge in [0.25, 0.3) is 0 Å². The maximum absolute atomic E-state index is 6.30. The van der Waals surface area contributed by atoms with Crippen LogP contribution in [0.1, 0.15) is 25.3 Å². The van der Waals surface area contributed by atoms with Gasteiger partial charge in [-0.25, -0.2) is 0 Å². The Balaban J connectivity index is 0.000000228. The van der Waals surface area contributed by atoms with Gasteiger partial charge in [0.15, 0.2) is 0 Å². The third kappa shape index (κ3) is 6.44. The molecule has 0 spiro atoms. The van der Waals surface area contributed by atoms with Crippen LogP contribution >= 0.6 is 0 Å². The zero-order valence-corrected chi connectivity index (χ0v) is 26.3. The molecule has 0 unspecified atom stereocenters. The molecule has 1 radical (unpaired) electrons. The summed E-state index contributed by atoms with van der Waals surface area (Å²) in [7, 11) is -1.37. The van der Waals surface area contributed by atoms with Gasteiger partial charge < -0.3 is 14.4 Å². The normalized spacial score (nSPS) is 11.2. The van der Waals surface area contributed by atoms with E-state index in [1.807, 2.05) is 54.7 Å². The summed E-state index contributed by atoms with van der Waals surface area (Å²) in [5.74, 6) is 0.475. The SMILES string of the molecule is CC(C)c1ccc(-c2[c-]ccc3c2oc2cc([Si](C)(C)C)ccc23)nc1.[Ir].[c-]1ccccc1-c1ccccn1. The molecule has 0 saturated carbocycles. The molecule has 3 nitrogen and oxygen atoms in total. The van der Waals surface area contributed by atoms with Crippen LogP contribution < -0.4 is 5.19 Å². The van der Waals surface area contributed by atoms with Crippen molar-refractivity contribution in [1.82, 2.24) is 9.97 Å². The molecule has 0 saturated heterocycles. The van der Waals surface area contributed by atoms with Gasteiger partial charge in [-0.1, -0.05) is 86.0 Å². The van der Waals surface area contributed by atoms with Crippen molar-refractivity contribution < 1.29 is 24.5 Å². The van der Waals surface area contributed by atoms with Gasteiger partial charge in [-0.15, -0.1) is 54.1 Å². The fourth-order valence-corrected chi connectivity index (χ4v) is 5.52. The quantitative estimate of drug-likeness (QED) is 0.136. The van der Waals surface area contributed by atoms with Gasteiger partial charge in [0, 0.05) is 37.9 Å². The molecule has 3 heterocycles. The van der Waals surface area contributed by atoms with Crippen molar-refractivity contribution in [2.75, 3.05) is 0 Å². The van der Waals surface area contributed by atoms with E-state index in [2.05, 4.69) is 92.0 Å². The summed E-state index contributed by atoms with van der Waals surface area (Å²) in [5, 5.41) is 3.70. The molecule has 5 heteroatoms. The van der Waals surface area contributed by atoms with Gasteiger partial charge in [-0.2, -0.15) is 0 Å². The van der Waals surface area contributed by atoms with Crippen LogP contribution in [0.4, 0.5) is 0 Å². The Labute approximate surface area is 245 Å². The van der Waals surface area contributed by atoms with E-state index in [1.165, 1.54) is 10.8 Å². The number of aromatic nitrogens is 2. The molecule has 3 aromatic carbocycles. The molecule has 0 N–H and O–H groups in total. The summed E-state index contributed by atoms with van der Waals surface area (Å²) in [6, 6.07) is 35.1. The van der Waals surface area contributed by atoms with Gasteiger partial charge >= 0.3 is 0 Å². The van der Waals surface area contributed by atoms with Crippen LogP contribution in [-0.4, -0.2) is 18.0 Å². The second-order valence-electron chi connectivity index (χ2n) is 10.8. The first-order valence-electron chi connectivity index (χ1n) is 13.0. The van der Waals surface area contributed by atoms with Crippen molar-refractivity contribution in [3.05, 3.63) is 115 Å². The Morgan fingerprint density at radius 1 is 0.769 bits per heavy atom. The van der Waals surface area contributed by atoms with E-state index >= 15 is 0 Å². The first kappa shape index (κ1) is 28.6. The average molecular weight is 705 g/mol. The largest absolute Gasteiger partial charge is 0.501 e. The monoisotopic (exact) mass is 705 g/mol. The minimum atomic E-state index is -1.37. The second-order valence-corrected chi connectivity index (χ2v) is 15.9. The third-order valence-corrected chi connectivity index (χ3v) is 8.70. The minimum Gasteiger partial charge on any atom is -0.501 e. The number of furan rings is 1. The fourth-order valence-electron chi connectivity index (χ4n) is 4.37. The van der Waals surface area contributed by atoms with E-state index in [4.69, 9.17) is 4.42 Å². The first-order valence-corrected chi connectivity index (χ1v) is 16.5. The number of fused-ring (bicyclic) bond motifs is 3. The number of nitrogens with zero attached hydrogens (tertiary/aromatic N) is 2. The molecule has 0 aliphatic rings. The predicted molar refractivity (Wildman–Crippen MR) is 161 cm³/mol. The standard InChI is InChI=1S/C23H24NOSi.C11H8N.Ir/c1-15(2)16-9-12-21(24-14-16)20-8-6-7-19-18-11-10-17(26(3,4)5)13-22(18)25-23(19)20;1-2-6-10(7-3-1)11-8-4-5-9-12-11;/h6-7,9-15H,1-5H3;1-6,8-9H;/q2*-1;. The first-order chi connectivity index (χ1) is 18.3. The van der Waals surface area contributed by atoms with Crippen molar-refractivity contribution in [2.24, 2.45) is 0 Å². The Bertz CT molecular complexity index is 1620. The summed E-state index contributed by atoms with van der Waals surface area (Å²) in [6.45, 7) is 11.4. The van der Waals surface area contributed by atoms with Crippen LogP contribution in [0.15, 0.2) is 102 Å². The Morgan fingerprint density at radius 2 is 1.59 bits per heavy atom. The van der Waals surface area contributed by atoms with Crippen LogP contribution in [0.2, 0.25) is 19.6 Å². The molecule has 0 amide bonds. The smallest absolute Gasteiger partial charge is 0.120 e. The van der Waals surface area contributed by atoms with Crippen molar-refractivity contribution in [1.29, 1.82) is 0 Å². The van der Waals surface area contributed by atoms with Crippen molar-refractivity contribution in [3.63, 3.8) is 0 Å². The third-order valence-electron chi connectivity index (χ3n) is 6.66. The molecule has 0 aliphatic carbocycles. The maximum Gasteiger partial charge on any atom is 0.120 e. The Morgan fingerprint density at radius 3 is 2.23 bits per heavy atom. The summed E-state index contributed by atoms with van der Waals surface area (Å²) < 4.78 is 6.30. The Kier molecular flexibility index (Phi) is 8.96. The van der Waals surface area contributed by atoms with E-state index in [0.29, 0.717) is 5.92 Å². The molecule has 6 rings (SSSR count). The topological polar surface area (TPSA) is 38.9 Å².